The fraction of sp³-hybridized carbons (Fsp3) is 0.294. The highest BCUT2D eigenvalue weighted by Crippen LogP contribution is 2.57. The fourth-order valence-electron chi connectivity index (χ4n) is 7.09. The maximum atomic E-state index is 13.9. The molecule has 14 nitrogen and oxygen atoms in total. The Morgan fingerprint density at radius 2 is 1.06 bits per heavy atom. The smallest absolute Gasteiger partial charge is 0.322 e. The first-order valence-electron chi connectivity index (χ1n) is 15.0. The molecule has 0 fully saturated rings. The van der Waals surface area contributed by atoms with Crippen LogP contribution in [0, 0.1) is 0 Å². The Bertz CT molecular complexity index is 1820. The molecule has 4 atom stereocenters. The summed E-state index contributed by atoms with van der Waals surface area (Å²) in [5.74, 6) is -8.09. The Kier molecular flexibility index (Phi) is 7.11. The number of amides is 2. The van der Waals surface area contributed by atoms with Crippen LogP contribution in [0.2, 0.25) is 0 Å². The average molecular weight is 657 g/mol. The van der Waals surface area contributed by atoms with Crippen molar-refractivity contribution in [1.82, 2.24) is 0 Å². The minimum absolute atomic E-state index is 0.0489. The third-order valence-corrected chi connectivity index (χ3v) is 9.09. The number of carbonyl (C=O) groups is 6. The summed E-state index contributed by atoms with van der Waals surface area (Å²) < 4.78 is 21.2. The standard InChI is InChI=1S/C34H28N2O12/c1-17(37)45-13-11-35-23-9-5-3-7-21(23)33(43,31(35)41)27-19-15-26-20(16-25(19)47-29(27)39)28(30(40)48-26)34(44)22-8-4-6-10-24(22)36(32(34)42)12-14-46-18(2)38/h3-10,15-16,27-28,43-44H,11-14H2,1-2H3. The molecule has 14 heteroatoms. The summed E-state index contributed by atoms with van der Waals surface area (Å²) in [7, 11) is 0. The lowest BCUT2D eigenvalue weighted by Crippen LogP contribution is -2.47. The summed E-state index contributed by atoms with van der Waals surface area (Å²) in [5, 5.41) is 24.2. The highest BCUT2D eigenvalue weighted by atomic mass is 16.6. The molecule has 2 N–H and O–H groups in total. The summed E-state index contributed by atoms with van der Waals surface area (Å²) >= 11 is 0. The van der Waals surface area contributed by atoms with Crippen molar-refractivity contribution in [1.29, 1.82) is 0 Å². The van der Waals surface area contributed by atoms with Crippen LogP contribution in [0.4, 0.5) is 11.4 Å². The van der Waals surface area contributed by atoms with Crippen molar-refractivity contribution in [3.8, 4) is 11.5 Å². The number of ether oxygens (including phenoxy) is 4. The van der Waals surface area contributed by atoms with Gasteiger partial charge < -0.3 is 39.0 Å². The fourth-order valence-corrected chi connectivity index (χ4v) is 7.09. The number of benzene rings is 3. The van der Waals surface area contributed by atoms with Gasteiger partial charge >= 0.3 is 23.9 Å². The minimum Gasteiger partial charge on any atom is -0.464 e. The average Bonchev–Trinajstić information content (AvgIpc) is 3.68. The van der Waals surface area contributed by atoms with Gasteiger partial charge in [0.1, 0.15) is 36.5 Å². The predicted octanol–water partition coefficient (Wildman–Crippen LogP) is 1.29. The monoisotopic (exact) mass is 656 g/mol. The molecule has 246 valence electrons. The van der Waals surface area contributed by atoms with Gasteiger partial charge in [0.2, 0.25) is 0 Å². The third kappa shape index (κ3) is 4.33. The molecule has 4 unspecified atom stereocenters. The number of anilines is 2. The lowest BCUT2D eigenvalue weighted by atomic mass is 9.76. The number of hydrogen-bond acceptors (Lipinski definition) is 12. The molecule has 4 aliphatic rings. The van der Waals surface area contributed by atoms with Gasteiger partial charge in [-0.25, -0.2) is 0 Å². The Balaban J connectivity index is 1.27. The largest absolute Gasteiger partial charge is 0.464 e. The molecule has 0 aromatic heterocycles. The number of carbonyl (C=O) groups excluding carboxylic acids is 6. The van der Waals surface area contributed by atoms with Crippen LogP contribution in [0.3, 0.4) is 0 Å². The maximum Gasteiger partial charge on any atom is 0.322 e. The van der Waals surface area contributed by atoms with E-state index in [1.807, 2.05) is 0 Å². The van der Waals surface area contributed by atoms with Crippen LogP contribution in [0.5, 0.6) is 11.5 Å². The van der Waals surface area contributed by atoms with Crippen molar-refractivity contribution in [2.45, 2.75) is 36.9 Å². The Morgan fingerprint density at radius 3 is 1.44 bits per heavy atom. The molecule has 3 aromatic carbocycles. The van der Waals surface area contributed by atoms with Gasteiger partial charge in [-0.1, -0.05) is 36.4 Å². The first kappa shape index (κ1) is 31.0. The van der Waals surface area contributed by atoms with Gasteiger partial charge in [0.15, 0.2) is 11.2 Å². The molecule has 0 spiro atoms. The van der Waals surface area contributed by atoms with Crippen LogP contribution in [0.1, 0.15) is 47.9 Å². The van der Waals surface area contributed by atoms with Gasteiger partial charge in [-0.2, -0.15) is 0 Å². The summed E-state index contributed by atoms with van der Waals surface area (Å²) in [6, 6.07) is 15.2. The molecule has 0 saturated heterocycles. The van der Waals surface area contributed by atoms with Gasteiger partial charge in [-0.3, -0.25) is 28.8 Å². The van der Waals surface area contributed by atoms with Crippen LogP contribution in [-0.2, 0) is 49.4 Å². The molecule has 0 saturated carbocycles. The molecular formula is C34H28N2O12. The van der Waals surface area contributed by atoms with E-state index in [1.165, 1.54) is 47.9 Å². The topological polar surface area (TPSA) is 186 Å². The van der Waals surface area contributed by atoms with E-state index in [0.717, 1.165) is 0 Å². The third-order valence-electron chi connectivity index (χ3n) is 9.09. The number of esters is 4. The zero-order valence-corrected chi connectivity index (χ0v) is 25.6. The molecule has 4 heterocycles. The van der Waals surface area contributed by atoms with Gasteiger partial charge in [0.05, 0.1) is 24.5 Å². The molecule has 3 aromatic rings. The van der Waals surface area contributed by atoms with Gasteiger partial charge in [0, 0.05) is 36.1 Å². The molecule has 0 aliphatic carbocycles. The van der Waals surface area contributed by atoms with Crippen molar-refractivity contribution in [3.63, 3.8) is 0 Å². The number of para-hydroxylation sites is 2. The summed E-state index contributed by atoms with van der Waals surface area (Å²) in [6.07, 6.45) is 0. The number of fused-ring (bicyclic) bond motifs is 4. The number of aliphatic hydroxyl groups is 2. The second-order valence-electron chi connectivity index (χ2n) is 11.8. The molecule has 0 bridgehead atoms. The van der Waals surface area contributed by atoms with E-state index in [2.05, 4.69) is 0 Å². The molecule has 48 heavy (non-hydrogen) atoms. The Labute approximate surface area is 272 Å². The van der Waals surface area contributed by atoms with Gasteiger partial charge in [-0.05, 0) is 24.3 Å². The van der Waals surface area contributed by atoms with Crippen LogP contribution in [-0.4, -0.2) is 72.2 Å². The lowest BCUT2D eigenvalue weighted by Gasteiger charge is -2.28. The Hall–Kier alpha value is -5.60. The Morgan fingerprint density at radius 1 is 0.688 bits per heavy atom. The van der Waals surface area contributed by atoms with Gasteiger partial charge in [-0.15, -0.1) is 0 Å². The van der Waals surface area contributed by atoms with Crippen LogP contribution < -0.4 is 19.3 Å². The van der Waals surface area contributed by atoms with E-state index in [4.69, 9.17) is 18.9 Å². The molecule has 2 amide bonds. The number of hydrogen-bond donors (Lipinski definition) is 2. The minimum atomic E-state index is -2.44. The van der Waals surface area contributed by atoms with Crippen molar-refractivity contribution >= 4 is 47.1 Å². The zero-order chi connectivity index (χ0) is 34.1. The van der Waals surface area contributed by atoms with Crippen molar-refractivity contribution in [2.24, 2.45) is 0 Å². The number of nitrogens with zero attached hydrogens (tertiary/aromatic N) is 2. The highest BCUT2D eigenvalue weighted by molar-refractivity contribution is 6.12. The molecule has 4 aliphatic heterocycles. The summed E-state index contributed by atoms with van der Waals surface area (Å²) in [4.78, 5) is 79.9. The molecule has 7 rings (SSSR count). The van der Waals surface area contributed by atoms with Gasteiger partial charge in [0.25, 0.3) is 11.8 Å². The summed E-state index contributed by atoms with van der Waals surface area (Å²) in [5.41, 5.74) is -3.91. The lowest BCUT2D eigenvalue weighted by molar-refractivity contribution is -0.150. The first-order chi connectivity index (χ1) is 22.9. The zero-order valence-electron chi connectivity index (χ0n) is 25.6. The van der Waals surface area contributed by atoms with E-state index < -0.39 is 58.7 Å². The predicted molar refractivity (Wildman–Crippen MR) is 162 cm³/mol. The normalized spacial score (nSPS) is 24.9. The van der Waals surface area contributed by atoms with Crippen molar-refractivity contribution in [2.75, 3.05) is 36.1 Å². The second kappa shape index (κ2) is 11.0. The molecule has 0 radical (unpaired) electrons. The van der Waals surface area contributed by atoms with Crippen LogP contribution >= 0.6 is 0 Å². The van der Waals surface area contributed by atoms with Crippen LogP contribution in [0.25, 0.3) is 0 Å². The van der Waals surface area contributed by atoms with E-state index in [1.54, 1.807) is 36.4 Å². The quantitative estimate of drug-likeness (QED) is 0.262. The van der Waals surface area contributed by atoms with E-state index in [0.29, 0.717) is 11.4 Å². The summed E-state index contributed by atoms with van der Waals surface area (Å²) in [6.45, 7) is 1.93. The van der Waals surface area contributed by atoms with Crippen molar-refractivity contribution in [3.05, 3.63) is 82.9 Å². The van der Waals surface area contributed by atoms with Crippen LogP contribution in [0.15, 0.2) is 60.7 Å². The van der Waals surface area contributed by atoms with E-state index >= 15 is 0 Å². The second-order valence-corrected chi connectivity index (χ2v) is 11.8. The molecular weight excluding hydrogens is 628 g/mol. The van der Waals surface area contributed by atoms with E-state index in [9.17, 15) is 39.0 Å². The number of rotatable bonds is 8. The van der Waals surface area contributed by atoms with E-state index in [-0.39, 0.29) is 60.1 Å². The SMILES string of the molecule is CC(=O)OCCN1C(=O)C(O)(C2C(=O)Oc3cc4c(cc32)OC(=O)C4C2(O)C(=O)N(CCOC(C)=O)c3ccccc32)c2ccccc21. The maximum absolute atomic E-state index is 13.9. The first-order valence-corrected chi connectivity index (χ1v) is 15.0. The van der Waals surface area contributed by atoms with Crippen molar-refractivity contribution < 1.29 is 57.9 Å². The highest BCUT2D eigenvalue weighted by Gasteiger charge is 2.63.